The van der Waals surface area contributed by atoms with Crippen LogP contribution in [0.25, 0.3) is 0 Å². The number of nitrogens with one attached hydrogen (secondary N) is 2. The lowest BCUT2D eigenvalue weighted by Gasteiger charge is -2.11. The van der Waals surface area contributed by atoms with E-state index in [1.807, 2.05) is 12.1 Å². The molecule has 0 radical (unpaired) electrons. The highest BCUT2D eigenvalue weighted by Crippen LogP contribution is 2.15. The van der Waals surface area contributed by atoms with Crippen molar-refractivity contribution in [3.05, 3.63) is 59.9 Å². The van der Waals surface area contributed by atoms with Crippen molar-refractivity contribution in [3.63, 3.8) is 0 Å². The zero-order valence-electron chi connectivity index (χ0n) is 11.2. The van der Waals surface area contributed by atoms with Crippen molar-refractivity contribution in [1.82, 2.24) is 15.0 Å². The Balaban J connectivity index is 2.18. The topological polar surface area (TPSA) is 71.1 Å². The molecule has 0 amide bonds. The zero-order valence-corrected chi connectivity index (χ0v) is 12.0. The lowest BCUT2D eigenvalue weighted by Crippen LogP contribution is -2.25. The number of nitrogens with zero attached hydrogens (tertiary/aromatic N) is 1. The molecule has 0 saturated carbocycles. The highest BCUT2D eigenvalue weighted by Gasteiger charge is 2.17. The van der Waals surface area contributed by atoms with E-state index in [4.69, 9.17) is 0 Å². The molecule has 106 valence electrons. The first-order valence-electron chi connectivity index (χ1n) is 6.24. The van der Waals surface area contributed by atoms with Crippen LogP contribution in [-0.2, 0) is 23.1 Å². The van der Waals surface area contributed by atoms with Crippen LogP contribution in [0.3, 0.4) is 0 Å². The first-order chi connectivity index (χ1) is 9.63. The minimum Gasteiger partial charge on any atom is -0.316 e. The van der Waals surface area contributed by atoms with Crippen LogP contribution < -0.4 is 10.0 Å². The van der Waals surface area contributed by atoms with E-state index in [9.17, 15) is 8.42 Å². The minimum absolute atomic E-state index is 0.226. The quantitative estimate of drug-likeness (QED) is 0.841. The summed E-state index contributed by atoms with van der Waals surface area (Å²) in [5, 5.41) is 2.97. The Morgan fingerprint density at radius 1 is 1.10 bits per heavy atom. The summed E-state index contributed by atoms with van der Waals surface area (Å²) in [6.07, 6.45) is 3.29. The van der Waals surface area contributed by atoms with Gasteiger partial charge in [-0.3, -0.25) is 4.98 Å². The van der Waals surface area contributed by atoms with Crippen molar-refractivity contribution in [2.24, 2.45) is 0 Å². The summed E-state index contributed by atoms with van der Waals surface area (Å²) < 4.78 is 27.3. The third-order valence-electron chi connectivity index (χ3n) is 2.82. The van der Waals surface area contributed by atoms with E-state index in [0.29, 0.717) is 11.4 Å². The molecule has 0 aliphatic rings. The molecule has 1 aromatic heterocycles. The van der Waals surface area contributed by atoms with Gasteiger partial charge in [-0.25, -0.2) is 13.1 Å². The number of rotatable bonds is 6. The number of hydrogen-bond acceptors (Lipinski definition) is 4. The van der Waals surface area contributed by atoms with Crippen LogP contribution in [0.2, 0.25) is 0 Å². The molecule has 20 heavy (non-hydrogen) atoms. The minimum atomic E-state index is -3.53. The SMILES string of the molecule is CNCc1ccccc1S(=O)(=O)NCc1cccnc1. The Morgan fingerprint density at radius 3 is 2.60 bits per heavy atom. The summed E-state index contributed by atoms with van der Waals surface area (Å²) in [6, 6.07) is 10.6. The van der Waals surface area contributed by atoms with Gasteiger partial charge in [0.25, 0.3) is 0 Å². The summed E-state index contributed by atoms with van der Waals surface area (Å²) in [6.45, 7) is 0.730. The van der Waals surface area contributed by atoms with Gasteiger partial charge in [-0.05, 0) is 30.3 Å². The van der Waals surface area contributed by atoms with E-state index >= 15 is 0 Å². The van der Waals surface area contributed by atoms with Gasteiger partial charge in [-0.2, -0.15) is 0 Å². The molecule has 2 rings (SSSR count). The fraction of sp³-hybridized carbons (Fsp3) is 0.214. The van der Waals surface area contributed by atoms with Crippen molar-refractivity contribution in [3.8, 4) is 0 Å². The molecular formula is C14H17N3O2S. The Hall–Kier alpha value is -1.76. The molecule has 0 saturated heterocycles. The third kappa shape index (κ3) is 3.63. The Kier molecular flexibility index (Phi) is 4.84. The van der Waals surface area contributed by atoms with Crippen molar-refractivity contribution in [2.45, 2.75) is 18.0 Å². The van der Waals surface area contributed by atoms with E-state index in [-0.39, 0.29) is 6.54 Å². The Morgan fingerprint density at radius 2 is 1.90 bits per heavy atom. The average molecular weight is 291 g/mol. The third-order valence-corrected chi connectivity index (χ3v) is 4.32. The normalized spacial score (nSPS) is 11.4. The maximum atomic E-state index is 12.3. The van der Waals surface area contributed by atoms with Crippen molar-refractivity contribution < 1.29 is 8.42 Å². The molecule has 1 heterocycles. The van der Waals surface area contributed by atoms with E-state index in [1.165, 1.54) is 0 Å². The van der Waals surface area contributed by atoms with Crippen LogP contribution in [0.5, 0.6) is 0 Å². The average Bonchev–Trinajstić information content (AvgIpc) is 2.47. The van der Waals surface area contributed by atoms with Gasteiger partial charge in [0.15, 0.2) is 0 Å². The van der Waals surface area contributed by atoms with Gasteiger partial charge < -0.3 is 5.32 Å². The molecule has 2 N–H and O–H groups in total. The lowest BCUT2D eigenvalue weighted by atomic mass is 10.2. The summed E-state index contributed by atoms with van der Waals surface area (Å²) in [5.74, 6) is 0. The number of pyridine rings is 1. The second-order valence-electron chi connectivity index (χ2n) is 4.32. The zero-order chi connectivity index (χ0) is 14.4. The van der Waals surface area contributed by atoms with E-state index in [1.54, 1.807) is 43.7 Å². The van der Waals surface area contributed by atoms with Crippen LogP contribution in [-0.4, -0.2) is 20.4 Å². The summed E-state index contributed by atoms with van der Waals surface area (Å²) in [4.78, 5) is 4.26. The van der Waals surface area contributed by atoms with E-state index in [0.717, 1.165) is 11.1 Å². The first-order valence-corrected chi connectivity index (χ1v) is 7.73. The molecule has 2 aromatic rings. The molecule has 0 atom stereocenters. The largest absolute Gasteiger partial charge is 0.316 e. The maximum Gasteiger partial charge on any atom is 0.241 e. The summed E-state index contributed by atoms with van der Waals surface area (Å²) in [5.41, 5.74) is 1.57. The van der Waals surface area contributed by atoms with Crippen LogP contribution in [0.4, 0.5) is 0 Å². The fourth-order valence-corrected chi connectivity index (χ4v) is 3.12. The van der Waals surface area contributed by atoms with Gasteiger partial charge in [-0.15, -0.1) is 0 Å². The summed E-state index contributed by atoms with van der Waals surface area (Å²) in [7, 11) is -1.74. The second-order valence-corrected chi connectivity index (χ2v) is 6.06. The molecular weight excluding hydrogens is 274 g/mol. The van der Waals surface area contributed by atoms with Crippen molar-refractivity contribution in [2.75, 3.05) is 7.05 Å². The van der Waals surface area contributed by atoms with Crippen LogP contribution >= 0.6 is 0 Å². The fourth-order valence-electron chi connectivity index (χ4n) is 1.86. The molecule has 6 heteroatoms. The second kappa shape index (κ2) is 6.60. The Bertz CT molecular complexity index is 657. The van der Waals surface area contributed by atoms with Gasteiger partial charge in [0.1, 0.15) is 0 Å². The van der Waals surface area contributed by atoms with Crippen LogP contribution in [0.15, 0.2) is 53.7 Å². The van der Waals surface area contributed by atoms with Crippen LogP contribution in [0.1, 0.15) is 11.1 Å². The number of aromatic nitrogens is 1. The monoisotopic (exact) mass is 291 g/mol. The highest BCUT2D eigenvalue weighted by molar-refractivity contribution is 7.89. The van der Waals surface area contributed by atoms with Gasteiger partial charge in [0.05, 0.1) is 4.90 Å². The number of benzene rings is 1. The molecule has 1 aromatic carbocycles. The Labute approximate surface area is 119 Å². The van der Waals surface area contributed by atoms with E-state index < -0.39 is 10.0 Å². The van der Waals surface area contributed by atoms with Gasteiger partial charge >= 0.3 is 0 Å². The van der Waals surface area contributed by atoms with Crippen molar-refractivity contribution in [1.29, 1.82) is 0 Å². The smallest absolute Gasteiger partial charge is 0.241 e. The lowest BCUT2D eigenvalue weighted by molar-refractivity contribution is 0.579. The molecule has 0 unspecified atom stereocenters. The van der Waals surface area contributed by atoms with Crippen molar-refractivity contribution >= 4 is 10.0 Å². The first kappa shape index (κ1) is 14.6. The molecule has 5 nitrogen and oxygen atoms in total. The molecule has 0 fully saturated rings. The molecule has 0 aliphatic heterocycles. The molecule has 0 spiro atoms. The molecule has 0 aliphatic carbocycles. The predicted molar refractivity (Wildman–Crippen MR) is 77.5 cm³/mol. The number of sulfonamides is 1. The highest BCUT2D eigenvalue weighted by atomic mass is 32.2. The standard InChI is InChI=1S/C14H17N3O2S/c1-15-11-13-6-2-3-7-14(13)20(18,19)17-10-12-5-4-8-16-9-12/h2-9,15,17H,10-11H2,1H3. The predicted octanol–water partition coefficient (Wildman–Crippen LogP) is 1.28. The summed E-state index contributed by atoms with van der Waals surface area (Å²) >= 11 is 0. The van der Waals surface area contributed by atoms with Gasteiger partial charge in [-0.1, -0.05) is 24.3 Å². The van der Waals surface area contributed by atoms with Gasteiger partial charge in [0.2, 0.25) is 10.0 Å². The maximum absolute atomic E-state index is 12.3. The van der Waals surface area contributed by atoms with E-state index in [2.05, 4.69) is 15.0 Å². The number of hydrogen-bond donors (Lipinski definition) is 2. The van der Waals surface area contributed by atoms with Gasteiger partial charge in [0, 0.05) is 25.5 Å². The van der Waals surface area contributed by atoms with Crippen LogP contribution in [0, 0.1) is 0 Å². The molecule has 0 bridgehead atoms.